The van der Waals surface area contributed by atoms with E-state index in [0.29, 0.717) is 0 Å². The normalized spacial score (nSPS) is 10.8. The Morgan fingerprint density at radius 3 is 2.85 bits per heavy atom. The van der Waals surface area contributed by atoms with Gasteiger partial charge < -0.3 is 0 Å². The van der Waals surface area contributed by atoms with Crippen molar-refractivity contribution in [1.29, 1.82) is 0 Å². The highest BCUT2D eigenvalue weighted by atomic mass is 32.1. The molecule has 1 aromatic heterocycles. The molecular weight excluding hydrogens is 182 g/mol. The van der Waals surface area contributed by atoms with Crippen molar-refractivity contribution in [2.45, 2.75) is 19.9 Å². The zero-order chi connectivity index (χ0) is 9.26. The molecule has 0 aliphatic heterocycles. The van der Waals surface area contributed by atoms with Crippen LogP contribution in [0.3, 0.4) is 0 Å². The third-order valence-electron chi connectivity index (χ3n) is 1.98. The molecule has 2 nitrogen and oxygen atoms in total. The molecule has 3 heteroatoms. The molecule has 0 saturated carbocycles. The van der Waals surface area contributed by atoms with Gasteiger partial charge in [0.15, 0.2) is 0 Å². The van der Waals surface area contributed by atoms with Crippen LogP contribution in [0.15, 0.2) is 29.1 Å². The molecular formula is C10H11NOS. The summed E-state index contributed by atoms with van der Waals surface area (Å²) in [6, 6.07) is 7.76. The quantitative estimate of drug-likeness (QED) is 0.718. The molecule has 2 aromatic rings. The Labute approximate surface area is 80.6 Å². The van der Waals surface area contributed by atoms with Gasteiger partial charge in [0, 0.05) is 6.54 Å². The van der Waals surface area contributed by atoms with Crippen LogP contribution in [0, 0.1) is 0 Å². The highest BCUT2D eigenvalue weighted by Gasteiger charge is 2.04. The van der Waals surface area contributed by atoms with Crippen LogP contribution < -0.4 is 5.56 Å². The first-order valence-corrected chi connectivity index (χ1v) is 5.19. The molecule has 0 atom stereocenters. The van der Waals surface area contributed by atoms with E-state index in [-0.39, 0.29) is 5.56 Å². The highest BCUT2D eigenvalue weighted by molar-refractivity contribution is 7.13. The van der Waals surface area contributed by atoms with E-state index in [0.717, 1.165) is 23.1 Å². The van der Waals surface area contributed by atoms with Crippen molar-refractivity contribution in [3.8, 4) is 0 Å². The maximum Gasteiger partial charge on any atom is 0.268 e. The van der Waals surface area contributed by atoms with Crippen LogP contribution in [0.5, 0.6) is 0 Å². The summed E-state index contributed by atoms with van der Waals surface area (Å²) in [7, 11) is 0. The van der Waals surface area contributed by atoms with Crippen molar-refractivity contribution >= 4 is 21.6 Å². The third kappa shape index (κ3) is 1.40. The number of aromatic nitrogens is 1. The summed E-state index contributed by atoms with van der Waals surface area (Å²) in [4.78, 5) is 11.7. The van der Waals surface area contributed by atoms with Gasteiger partial charge in [-0.25, -0.2) is 0 Å². The summed E-state index contributed by atoms with van der Waals surface area (Å²) in [6.45, 7) is 2.91. The van der Waals surface area contributed by atoms with Gasteiger partial charge in [-0.3, -0.25) is 8.75 Å². The predicted octanol–water partition coefficient (Wildman–Crippen LogP) is 2.47. The van der Waals surface area contributed by atoms with Crippen LogP contribution in [0.4, 0.5) is 0 Å². The number of aryl methyl sites for hydroxylation is 1. The molecule has 0 unspecified atom stereocenters. The van der Waals surface area contributed by atoms with E-state index in [1.807, 2.05) is 28.2 Å². The molecule has 0 bridgehead atoms. The summed E-state index contributed by atoms with van der Waals surface area (Å²) in [5, 5.41) is 0.848. The van der Waals surface area contributed by atoms with Crippen LogP contribution in [0.25, 0.3) is 10.1 Å². The second-order valence-corrected chi connectivity index (χ2v) is 4.06. The monoisotopic (exact) mass is 193 g/mol. The van der Waals surface area contributed by atoms with Gasteiger partial charge in [-0.15, -0.1) is 0 Å². The number of nitrogens with zero attached hydrogens (tertiary/aromatic N) is 1. The summed E-state index contributed by atoms with van der Waals surface area (Å²) < 4.78 is 2.91. The molecule has 0 aliphatic carbocycles. The maximum absolute atomic E-state index is 11.7. The SMILES string of the molecule is CCCn1sc2ccccc2c1=O. The Morgan fingerprint density at radius 2 is 2.15 bits per heavy atom. The van der Waals surface area contributed by atoms with Crippen LogP contribution in [0.1, 0.15) is 13.3 Å². The second-order valence-electron chi connectivity index (χ2n) is 2.99. The van der Waals surface area contributed by atoms with E-state index >= 15 is 0 Å². The third-order valence-corrected chi connectivity index (χ3v) is 3.10. The van der Waals surface area contributed by atoms with Gasteiger partial charge >= 0.3 is 0 Å². The molecule has 1 heterocycles. The van der Waals surface area contributed by atoms with Crippen molar-refractivity contribution in [1.82, 2.24) is 3.96 Å². The van der Waals surface area contributed by atoms with E-state index in [1.54, 1.807) is 11.5 Å². The number of rotatable bonds is 2. The van der Waals surface area contributed by atoms with Gasteiger partial charge in [-0.05, 0) is 18.6 Å². The molecule has 0 N–H and O–H groups in total. The highest BCUT2D eigenvalue weighted by Crippen LogP contribution is 2.15. The fourth-order valence-corrected chi connectivity index (χ4v) is 2.45. The summed E-state index contributed by atoms with van der Waals surface area (Å²) in [5.74, 6) is 0. The first-order valence-electron chi connectivity index (χ1n) is 4.42. The van der Waals surface area contributed by atoms with Crippen molar-refractivity contribution in [3.05, 3.63) is 34.6 Å². The number of hydrogen-bond acceptors (Lipinski definition) is 2. The molecule has 2 rings (SSSR count). The zero-order valence-electron chi connectivity index (χ0n) is 7.49. The zero-order valence-corrected chi connectivity index (χ0v) is 8.30. The number of fused-ring (bicyclic) bond motifs is 1. The van der Waals surface area contributed by atoms with Crippen LogP contribution in [-0.4, -0.2) is 3.96 Å². The van der Waals surface area contributed by atoms with Crippen LogP contribution in [-0.2, 0) is 6.54 Å². The molecule has 0 saturated heterocycles. The Kier molecular flexibility index (Phi) is 2.19. The molecule has 0 aliphatic rings. The molecule has 68 valence electrons. The molecule has 0 amide bonds. The van der Waals surface area contributed by atoms with E-state index in [2.05, 4.69) is 6.92 Å². The maximum atomic E-state index is 11.7. The van der Waals surface area contributed by atoms with Gasteiger partial charge in [0.05, 0.1) is 10.1 Å². The van der Waals surface area contributed by atoms with E-state index in [9.17, 15) is 4.79 Å². The largest absolute Gasteiger partial charge is 0.268 e. The van der Waals surface area contributed by atoms with Gasteiger partial charge in [-0.2, -0.15) is 0 Å². The lowest BCUT2D eigenvalue weighted by molar-refractivity contribution is 0.716. The fraction of sp³-hybridized carbons (Fsp3) is 0.300. The van der Waals surface area contributed by atoms with Gasteiger partial charge in [0.25, 0.3) is 5.56 Å². The van der Waals surface area contributed by atoms with Gasteiger partial charge in [0.2, 0.25) is 0 Å². The van der Waals surface area contributed by atoms with Crippen molar-refractivity contribution in [3.63, 3.8) is 0 Å². The average molecular weight is 193 g/mol. The molecule has 13 heavy (non-hydrogen) atoms. The Balaban J connectivity index is 2.67. The topological polar surface area (TPSA) is 22.0 Å². The summed E-state index contributed by atoms with van der Waals surface area (Å²) in [5.41, 5.74) is 0.155. The summed E-state index contributed by atoms with van der Waals surface area (Å²) in [6.07, 6.45) is 1.01. The molecule has 0 spiro atoms. The predicted molar refractivity (Wildman–Crippen MR) is 56.4 cm³/mol. The lowest BCUT2D eigenvalue weighted by Crippen LogP contribution is -2.12. The smallest absolute Gasteiger partial charge is 0.268 e. The van der Waals surface area contributed by atoms with E-state index in [1.165, 1.54) is 0 Å². The Morgan fingerprint density at radius 1 is 1.38 bits per heavy atom. The molecule has 0 radical (unpaired) electrons. The van der Waals surface area contributed by atoms with E-state index in [4.69, 9.17) is 0 Å². The number of hydrogen-bond donors (Lipinski definition) is 0. The van der Waals surface area contributed by atoms with E-state index < -0.39 is 0 Å². The fourth-order valence-electron chi connectivity index (χ4n) is 1.37. The van der Waals surface area contributed by atoms with Gasteiger partial charge in [0.1, 0.15) is 0 Å². The second kappa shape index (κ2) is 3.34. The first-order chi connectivity index (χ1) is 6.33. The van der Waals surface area contributed by atoms with Crippen molar-refractivity contribution in [2.24, 2.45) is 0 Å². The minimum absolute atomic E-state index is 0.155. The van der Waals surface area contributed by atoms with Crippen molar-refractivity contribution < 1.29 is 0 Å². The molecule has 0 fully saturated rings. The summed E-state index contributed by atoms with van der Waals surface area (Å²) >= 11 is 1.55. The molecule has 1 aromatic carbocycles. The van der Waals surface area contributed by atoms with Crippen LogP contribution >= 0.6 is 11.5 Å². The average Bonchev–Trinajstić information content (AvgIpc) is 2.46. The lowest BCUT2D eigenvalue weighted by atomic mass is 10.3. The minimum atomic E-state index is 0.155. The lowest BCUT2D eigenvalue weighted by Gasteiger charge is -1.92. The first kappa shape index (κ1) is 8.51. The van der Waals surface area contributed by atoms with Crippen LogP contribution in [0.2, 0.25) is 0 Å². The minimum Gasteiger partial charge on any atom is -0.268 e. The Bertz CT molecular complexity index is 469. The Hall–Kier alpha value is -1.09. The van der Waals surface area contributed by atoms with Crippen molar-refractivity contribution in [2.75, 3.05) is 0 Å². The van der Waals surface area contributed by atoms with Gasteiger partial charge in [-0.1, -0.05) is 30.6 Å². The standard InChI is InChI=1S/C10H11NOS/c1-2-7-11-10(12)8-5-3-4-6-9(8)13-11/h3-6H,2,7H2,1H3. The number of benzene rings is 1.